The van der Waals surface area contributed by atoms with Gasteiger partial charge in [-0.1, -0.05) is 27.5 Å². The highest BCUT2D eigenvalue weighted by Gasteiger charge is 2.17. The molecular formula is C12H5Br4ClO2. The lowest BCUT2D eigenvalue weighted by molar-refractivity contribution is 0.408. The Morgan fingerprint density at radius 3 is 2.26 bits per heavy atom. The Balaban J connectivity index is 2.47. The van der Waals surface area contributed by atoms with Crippen molar-refractivity contribution in [3.63, 3.8) is 0 Å². The second-order valence-electron chi connectivity index (χ2n) is 3.51. The second kappa shape index (κ2) is 6.35. The molecule has 100 valence electrons. The summed E-state index contributed by atoms with van der Waals surface area (Å²) in [7, 11) is 0. The van der Waals surface area contributed by atoms with E-state index in [-0.39, 0.29) is 16.5 Å². The fourth-order valence-electron chi connectivity index (χ4n) is 1.33. The molecule has 0 aliphatic carbocycles. The molecule has 0 fully saturated rings. The van der Waals surface area contributed by atoms with E-state index in [0.717, 1.165) is 8.95 Å². The summed E-state index contributed by atoms with van der Waals surface area (Å²) in [6.07, 6.45) is 0. The van der Waals surface area contributed by atoms with Gasteiger partial charge >= 0.3 is 0 Å². The first-order valence-electron chi connectivity index (χ1n) is 4.89. The van der Waals surface area contributed by atoms with Gasteiger partial charge in [0.2, 0.25) is 0 Å². The number of benzene rings is 2. The molecule has 19 heavy (non-hydrogen) atoms. The molecule has 7 heteroatoms. The van der Waals surface area contributed by atoms with Crippen molar-refractivity contribution in [2.75, 3.05) is 0 Å². The van der Waals surface area contributed by atoms with E-state index in [4.69, 9.17) is 16.3 Å². The van der Waals surface area contributed by atoms with Crippen molar-refractivity contribution in [3.05, 3.63) is 47.2 Å². The van der Waals surface area contributed by atoms with Crippen LogP contribution >= 0.6 is 75.3 Å². The van der Waals surface area contributed by atoms with Crippen LogP contribution in [0.15, 0.2) is 42.2 Å². The van der Waals surface area contributed by atoms with E-state index in [1.54, 1.807) is 12.1 Å². The molecule has 0 atom stereocenters. The maximum Gasteiger partial charge on any atom is 0.184 e. The Bertz CT molecular complexity index is 646. The molecule has 0 aromatic heterocycles. The summed E-state index contributed by atoms with van der Waals surface area (Å²) in [5.41, 5.74) is 0. The Kier molecular flexibility index (Phi) is 5.22. The van der Waals surface area contributed by atoms with E-state index >= 15 is 0 Å². The Hall–Kier alpha value is 0.250. The summed E-state index contributed by atoms with van der Waals surface area (Å²) in [6.45, 7) is 0. The number of phenolic OH excluding ortho intramolecular Hbond substituents is 1. The van der Waals surface area contributed by atoms with Gasteiger partial charge in [0.25, 0.3) is 0 Å². The number of hydrogen-bond donors (Lipinski definition) is 1. The van der Waals surface area contributed by atoms with Gasteiger partial charge in [0.05, 0.1) is 8.95 Å². The van der Waals surface area contributed by atoms with Gasteiger partial charge in [-0.15, -0.1) is 0 Å². The highest BCUT2D eigenvalue weighted by atomic mass is 79.9. The zero-order chi connectivity index (χ0) is 14.2. The molecule has 0 heterocycles. The van der Waals surface area contributed by atoms with Gasteiger partial charge in [-0.3, -0.25) is 0 Å². The van der Waals surface area contributed by atoms with E-state index in [2.05, 4.69) is 63.7 Å². The first-order valence-corrected chi connectivity index (χ1v) is 8.44. The Labute approximate surface area is 148 Å². The van der Waals surface area contributed by atoms with Crippen molar-refractivity contribution in [2.24, 2.45) is 0 Å². The average molecular weight is 536 g/mol. The van der Waals surface area contributed by atoms with Crippen molar-refractivity contribution in [2.45, 2.75) is 0 Å². The fraction of sp³-hybridized carbons (Fsp3) is 0. The molecule has 0 saturated carbocycles. The number of ether oxygens (including phenoxy) is 1. The summed E-state index contributed by atoms with van der Waals surface area (Å²) in [6, 6.07) is 7.17. The Morgan fingerprint density at radius 1 is 0.947 bits per heavy atom. The van der Waals surface area contributed by atoms with Crippen LogP contribution in [-0.2, 0) is 0 Å². The zero-order valence-corrected chi connectivity index (χ0v) is 16.2. The van der Waals surface area contributed by atoms with Crippen LogP contribution in [-0.4, -0.2) is 5.11 Å². The lowest BCUT2D eigenvalue weighted by Crippen LogP contribution is -1.89. The minimum atomic E-state index is -0.127. The van der Waals surface area contributed by atoms with Crippen LogP contribution in [0, 0.1) is 0 Å². The minimum Gasteiger partial charge on any atom is -0.503 e. The highest BCUT2D eigenvalue weighted by Crippen LogP contribution is 2.47. The number of phenols is 1. The van der Waals surface area contributed by atoms with E-state index < -0.39 is 0 Å². The molecule has 0 radical (unpaired) electrons. The van der Waals surface area contributed by atoms with E-state index in [1.165, 1.54) is 0 Å². The van der Waals surface area contributed by atoms with Crippen molar-refractivity contribution in [3.8, 4) is 17.2 Å². The maximum atomic E-state index is 10.0. The molecule has 2 aromatic carbocycles. The molecule has 1 N–H and O–H groups in total. The third-order valence-electron chi connectivity index (χ3n) is 2.21. The highest BCUT2D eigenvalue weighted by molar-refractivity contribution is 9.11. The lowest BCUT2D eigenvalue weighted by atomic mass is 10.3. The van der Waals surface area contributed by atoms with Crippen LogP contribution < -0.4 is 4.74 Å². The molecule has 0 aliphatic heterocycles. The normalized spacial score (nSPS) is 10.6. The van der Waals surface area contributed by atoms with Crippen LogP contribution in [0.2, 0.25) is 5.02 Å². The van der Waals surface area contributed by atoms with E-state index in [1.807, 2.05) is 12.1 Å². The second-order valence-corrected chi connectivity index (χ2v) is 7.37. The largest absolute Gasteiger partial charge is 0.503 e. The van der Waals surface area contributed by atoms with Crippen LogP contribution in [0.3, 0.4) is 0 Å². The van der Waals surface area contributed by atoms with E-state index in [0.29, 0.717) is 14.7 Å². The van der Waals surface area contributed by atoms with E-state index in [9.17, 15) is 5.11 Å². The molecule has 0 aliphatic rings. The molecule has 2 rings (SSSR count). The molecule has 0 amide bonds. The first kappa shape index (κ1) is 15.6. The monoisotopic (exact) mass is 532 g/mol. The molecule has 0 saturated heterocycles. The average Bonchev–Trinajstić information content (AvgIpc) is 2.34. The Morgan fingerprint density at radius 2 is 1.63 bits per heavy atom. The van der Waals surface area contributed by atoms with Crippen LogP contribution in [0.1, 0.15) is 0 Å². The molecular weight excluding hydrogens is 531 g/mol. The van der Waals surface area contributed by atoms with Crippen molar-refractivity contribution in [1.82, 2.24) is 0 Å². The number of hydrogen-bond acceptors (Lipinski definition) is 2. The predicted molar refractivity (Wildman–Crippen MR) is 90.4 cm³/mol. The van der Waals surface area contributed by atoms with Gasteiger partial charge in [-0.05, 0) is 72.1 Å². The number of rotatable bonds is 2. The quantitative estimate of drug-likeness (QED) is 0.424. The SMILES string of the molecule is Oc1c(Cl)c(Br)cc(Br)c1Oc1ccc(Br)cc1Br. The van der Waals surface area contributed by atoms with Gasteiger partial charge in [-0.2, -0.15) is 0 Å². The maximum absolute atomic E-state index is 10.0. The summed E-state index contributed by atoms with van der Waals surface area (Å²) in [4.78, 5) is 0. The topological polar surface area (TPSA) is 29.5 Å². The van der Waals surface area contributed by atoms with Crippen LogP contribution in [0.25, 0.3) is 0 Å². The molecule has 2 aromatic rings. The smallest absolute Gasteiger partial charge is 0.184 e. The summed E-state index contributed by atoms with van der Waals surface area (Å²) in [5.74, 6) is 0.701. The first-order chi connectivity index (χ1) is 8.90. The molecule has 2 nitrogen and oxygen atoms in total. The molecule has 0 spiro atoms. The van der Waals surface area contributed by atoms with Crippen molar-refractivity contribution >= 4 is 75.3 Å². The number of aromatic hydroxyl groups is 1. The molecule has 0 bridgehead atoms. The van der Waals surface area contributed by atoms with Crippen molar-refractivity contribution < 1.29 is 9.84 Å². The minimum absolute atomic E-state index is 0.127. The fourth-order valence-corrected chi connectivity index (χ4v) is 3.82. The van der Waals surface area contributed by atoms with Crippen LogP contribution in [0.4, 0.5) is 0 Å². The van der Waals surface area contributed by atoms with Gasteiger partial charge in [0, 0.05) is 8.95 Å². The van der Waals surface area contributed by atoms with Crippen LogP contribution in [0.5, 0.6) is 17.2 Å². The molecule has 0 unspecified atom stereocenters. The summed E-state index contributed by atoms with van der Waals surface area (Å²) >= 11 is 19.3. The van der Waals surface area contributed by atoms with Gasteiger partial charge in [0.15, 0.2) is 11.5 Å². The lowest BCUT2D eigenvalue weighted by Gasteiger charge is -2.13. The summed E-state index contributed by atoms with van der Waals surface area (Å²) < 4.78 is 8.55. The van der Waals surface area contributed by atoms with Gasteiger partial charge in [-0.25, -0.2) is 0 Å². The zero-order valence-electron chi connectivity index (χ0n) is 9.05. The number of halogens is 5. The standard InChI is InChI=1S/C12H5Br4ClO2/c13-5-1-2-9(6(14)3-5)19-12-8(16)4-7(15)10(17)11(12)18/h1-4,18H. The van der Waals surface area contributed by atoms with Gasteiger partial charge in [0.1, 0.15) is 10.8 Å². The third kappa shape index (κ3) is 3.47. The van der Waals surface area contributed by atoms with Gasteiger partial charge < -0.3 is 9.84 Å². The van der Waals surface area contributed by atoms with Crippen molar-refractivity contribution in [1.29, 1.82) is 0 Å². The predicted octanol–water partition coefficient (Wildman–Crippen LogP) is 6.89. The third-order valence-corrected chi connectivity index (χ3v) is 5.15. The summed E-state index contributed by atoms with van der Waals surface area (Å²) in [5, 5.41) is 10.2.